The summed E-state index contributed by atoms with van der Waals surface area (Å²) in [6.07, 6.45) is -12.3. The summed E-state index contributed by atoms with van der Waals surface area (Å²) in [7, 11) is -11.8. The molecule has 1 amide bonds. The molecule has 60 heavy (non-hydrogen) atoms. The summed E-state index contributed by atoms with van der Waals surface area (Å²) in [6.45, 7) is -1.34. The molecular weight excluding hydrogens is 860 g/mol. The molecule has 0 radical (unpaired) electrons. The summed E-state index contributed by atoms with van der Waals surface area (Å²) < 4.78 is 57.1. The van der Waals surface area contributed by atoms with Crippen LogP contribution in [0, 0.1) is 0 Å². The van der Waals surface area contributed by atoms with Gasteiger partial charge in [0.15, 0.2) is 29.5 Å². The van der Waals surface area contributed by atoms with E-state index in [-0.39, 0.29) is 29.0 Å². The lowest BCUT2D eigenvalue weighted by atomic mass is 9.89. The number of ketones is 1. The number of Topliss-reactive ketones (excluding diaryl/α,β-unsaturated/α-hetero) is 1. The first-order valence-corrected chi connectivity index (χ1v) is 19.9. The average Bonchev–Trinajstić information content (AvgIpc) is 3.82. The van der Waals surface area contributed by atoms with E-state index in [1.165, 1.54) is 23.4 Å². The largest absolute Gasteiger partial charge is 0.481 e. The standard InChI is InChI=1S/C29H37N7O22P2/c1-11(37)26(44)54-20(28(46)57-56-27(45)12(2)38)29(19(42)18(41)25(55-29)36-10-34-15-21(30)32-9-33-23(15)36)8-52-60(49,50)58-59(47,48)51-7-14-16(39)17(40)24(53-14)35-5-3-4-13(6-35)22(31)43/h3,5-6,9-11,14,16-20,24-25,37,39-42H,4,7-8H2,1-2H3,(H2,31,43)(H,47,48)(H,49,50)(H2,30,32,33)/t11?,14-,16-,17-,18-,19+,20?,24-,25-,29-/m1/s1. The maximum absolute atomic E-state index is 13.4. The van der Waals surface area contributed by atoms with Crippen LogP contribution in [0.3, 0.4) is 0 Å². The zero-order chi connectivity index (χ0) is 44.5. The molecule has 0 spiro atoms. The molecule has 2 aromatic rings. The molecule has 2 aromatic heterocycles. The van der Waals surface area contributed by atoms with Gasteiger partial charge in [0.25, 0.3) is 0 Å². The molecule has 4 unspecified atom stereocenters. The number of allylic oxidation sites excluding steroid dienone is 1. The van der Waals surface area contributed by atoms with E-state index < -0.39 is 119 Å². The lowest BCUT2D eigenvalue weighted by Gasteiger charge is -2.36. The predicted octanol–water partition coefficient (Wildman–Crippen LogP) is -4.43. The van der Waals surface area contributed by atoms with Crippen molar-refractivity contribution in [3.63, 3.8) is 0 Å². The second-order valence-corrected chi connectivity index (χ2v) is 16.0. The van der Waals surface area contributed by atoms with Gasteiger partial charge >= 0.3 is 33.6 Å². The van der Waals surface area contributed by atoms with Crippen LogP contribution in [0.4, 0.5) is 5.82 Å². The van der Waals surface area contributed by atoms with Crippen molar-refractivity contribution in [1.29, 1.82) is 0 Å². The van der Waals surface area contributed by atoms with Gasteiger partial charge in [0.05, 0.1) is 19.5 Å². The molecule has 5 heterocycles. The molecule has 5 rings (SSSR count). The number of phosphoric ester groups is 2. The Morgan fingerprint density at radius 1 is 0.983 bits per heavy atom. The van der Waals surface area contributed by atoms with Crippen LogP contribution in [0.5, 0.6) is 0 Å². The molecule has 3 aliphatic rings. The van der Waals surface area contributed by atoms with Gasteiger partial charge in [0, 0.05) is 24.9 Å². The number of amides is 1. The number of hydrogen-bond acceptors (Lipinski definition) is 25. The number of aliphatic hydroxyl groups is 5. The van der Waals surface area contributed by atoms with Crippen molar-refractivity contribution in [3.8, 4) is 0 Å². The molecule has 0 bridgehead atoms. The highest BCUT2D eigenvalue weighted by Crippen LogP contribution is 2.61. The number of hydrogen-bond donors (Lipinski definition) is 9. The van der Waals surface area contributed by atoms with E-state index in [0.717, 1.165) is 24.1 Å². The minimum Gasteiger partial charge on any atom is -0.445 e. The van der Waals surface area contributed by atoms with Gasteiger partial charge < -0.3 is 65.9 Å². The SMILES string of the molecule is CC(=O)C(=O)OOC(=O)C(OC(=O)C(C)O)[C@]1(COP(=O)(O)OP(=O)(O)OC[C@H]2O[C@@H](N3C=CCC(C(N)=O)=C3)[C@H](O)[C@@H]2O)O[C@@H](n2cnc3c(N)ncnc32)[C@H](O)[C@@H]1O. The Balaban J connectivity index is 1.40. The van der Waals surface area contributed by atoms with Gasteiger partial charge in [-0.15, -0.1) is 0 Å². The number of nitrogens with two attached hydrogens (primary N) is 2. The highest BCUT2D eigenvalue weighted by molar-refractivity contribution is 7.61. The molecule has 3 aliphatic heterocycles. The first-order valence-electron chi connectivity index (χ1n) is 16.9. The fourth-order valence-electron chi connectivity index (χ4n) is 5.78. The van der Waals surface area contributed by atoms with Crippen molar-refractivity contribution in [1.82, 2.24) is 24.4 Å². The van der Waals surface area contributed by atoms with Gasteiger partial charge in [-0.3, -0.25) is 23.2 Å². The van der Waals surface area contributed by atoms with Crippen LogP contribution >= 0.6 is 15.6 Å². The van der Waals surface area contributed by atoms with Gasteiger partial charge in [-0.25, -0.2) is 48.2 Å². The van der Waals surface area contributed by atoms with Crippen LogP contribution in [0.15, 0.2) is 36.7 Å². The smallest absolute Gasteiger partial charge is 0.445 e. The third-order valence-corrected chi connectivity index (χ3v) is 11.3. The summed E-state index contributed by atoms with van der Waals surface area (Å²) in [6, 6.07) is 0. The van der Waals surface area contributed by atoms with Crippen molar-refractivity contribution >= 4 is 62.2 Å². The molecule has 0 saturated carbocycles. The van der Waals surface area contributed by atoms with E-state index in [1.54, 1.807) is 0 Å². The van der Waals surface area contributed by atoms with E-state index in [9.17, 15) is 68.4 Å². The molecule has 11 N–H and O–H groups in total. The third-order valence-electron chi connectivity index (χ3n) is 8.77. The number of aliphatic hydroxyl groups excluding tert-OH is 5. The molecule has 0 aliphatic carbocycles. The van der Waals surface area contributed by atoms with Crippen molar-refractivity contribution in [2.24, 2.45) is 5.73 Å². The minimum atomic E-state index is -6.05. The Kier molecular flexibility index (Phi) is 13.9. The lowest BCUT2D eigenvalue weighted by Crippen LogP contribution is -2.60. The molecular formula is C29H37N7O22P2. The number of carbonyl (C=O) groups excluding carboxylic acids is 5. The summed E-state index contributed by atoms with van der Waals surface area (Å²) in [5.41, 5.74) is 7.71. The number of ether oxygens (including phenoxy) is 3. The highest BCUT2D eigenvalue weighted by atomic mass is 31.3. The van der Waals surface area contributed by atoms with Crippen molar-refractivity contribution in [2.45, 2.75) is 81.1 Å². The number of phosphoric acid groups is 2. The molecule has 12 atom stereocenters. The number of fused-ring (bicyclic) bond motifs is 1. The Hall–Kier alpha value is -4.84. The maximum Gasteiger partial charge on any atom is 0.481 e. The van der Waals surface area contributed by atoms with Gasteiger partial charge in [0.2, 0.25) is 17.8 Å². The first kappa shape index (κ1) is 46.2. The number of aromatic nitrogens is 4. The molecule has 29 nitrogen and oxygen atoms in total. The second-order valence-electron chi connectivity index (χ2n) is 13.0. The fraction of sp³-hybridized carbons (Fsp3) is 0.517. The molecule has 2 fully saturated rings. The zero-order valence-corrected chi connectivity index (χ0v) is 32.5. The van der Waals surface area contributed by atoms with Crippen LogP contribution in [0.2, 0.25) is 0 Å². The maximum atomic E-state index is 13.4. The number of anilines is 1. The van der Waals surface area contributed by atoms with E-state index >= 15 is 0 Å². The Labute approximate surface area is 334 Å². The van der Waals surface area contributed by atoms with Crippen molar-refractivity contribution in [2.75, 3.05) is 18.9 Å². The van der Waals surface area contributed by atoms with Gasteiger partial charge in [-0.05, 0) is 13.3 Å². The Morgan fingerprint density at radius 2 is 1.67 bits per heavy atom. The lowest BCUT2D eigenvalue weighted by molar-refractivity contribution is -0.275. The first-order chi connectivity index (χ1) is 28.0. The van der Waals surface area contributed by atoms with Gasteiger partial charge in [-0.2, -0.15) is 4.31 Å². The Morgan fingerprint density at radius 3 is 2.32 bits per heavy atom. The number of primary amides is 1. The van der Waals surface area contributed by atoms with E-state index in [4.69, 9.17) is 34.7 Å². The predicted molar refractivity (Wildman–Crippen MR) is 185 cm³/mol. The third kappa shape index (κ3) is 9.85. The molecule has 0 aromatic carbocycles. The number of imidazole rings is 1. The average molecular weight is 898 g/mol. The normalized spacial score (nSPS) is 29.5. The number of esters is 1. The van der Waals surface area contributed by atoms with Crippen LogP contribution in [0.1, 0.15) is 26.5 Å². The second kappa shape index (κ2) is 18.0. The van der Waals surface area contributed by atoms with Crippen LogP contribution in [-0.2, 0) is 70.4 Å². The highest BCUT2D eigenvalue weighted by Gasteiger charge is 2.65. The Bertz CT molecular complexity index is 2170. The summed E-state index contributed by atoms with van der Waals surface area (Å²) in [5.74, 6) is -7.81. The summed E-state index contributed by atoms with van der Waals surface area (Å²) >= 11 is 0. The summed E-state index contributed by atoms with van der Waals surface area (Å²) in [5, 5.41) is 53.7. The number of rotatable bonds is 16. The molecule has 31 heteroatoms. The van der Waals surface area contributed by atoms with E-state index in [2.05, 4.69) is 29.0 Å². The minimum absolute atomic E-state index is 0.0888. The van der Waals surface area contributed by atoms with Crippen LogP contribution in [0.25, 0.3) is 11.2 Å². The van der Waals surface area contributed by atoms with Crippen molar-refractivity contribution in [3.05, 3.63) is 36.7 Å². The van der Waals surface area contributed by atoms with Crippen LogP contribution < -0.4 is 11.5 Å². The topological polar surface area (TPSA) is 434 Å². The zero-order valence-electron chi connectivity index (χ0n) is 30.7. The molecule has 2 saturated heterocycles. The van der Waals surface area contributed by atoms with Crippen molar-refractivity contribution < 1.29 is 106 Å². The van der Waals surface area contributed by atoms with Gasteiger partial charge in [-0.1, -0.05) is 6.08 Å². The number of nitrogens with zero attached hydrogens (tertiary/aromatic N) is 5. The quantitative estimate of drug-likeness (QED) is 0.0252. The number of nitrogen functional groups attached to an aromatic ring is 1. The number of carbonyl (C=O) groups is 5. The van der Waals surface area contributed by atoms with E-state index in [0.29, 0.717) is 6.92 Å². The monoisotopic (exact) mass is 897 g/mol. The van der Waals surface area contributed by atoms with E-state index in [1.807, 2.05) is 0 Å². The molecule has 330 valence electrons. The summed E-state index contributed by atoms with van der Waals surface area (Å²) in [4.78, 5) is 103. The van der Waals surface area contributed by atoms with Crippen LogP contribution in [-0.4, -0.2) is 157 Å². The fourth-order valence-corrected chi connectivity index (χ4v) is 7.90. The van der Waals surface area contributed by atoms with Gasteiger partial charge in [0.1, 0.15) is 48.5 Å².